The number of hydrogen-bond donors (Lipinski definition) is 0. The van der Waals surface area contributed by atoms with Crippen molar-refractivity contribution in [3.8, 4) is 0 Å². The predicted octanol–water partition coefficient (Wildman–Crippen LogP) is 8.81. The highest BCUT2D eigenvalue weighted by atomic mass is 35.5. The van der Waals surface area contributed by atoms with Gasteiger partial charge in [0.2, 0.25) is 15.9 Å². The van der Waals surface area contributed by atoms with Crippen LogP contribution in [0.3, 0.4) is 0 Å². The Labute approximate surface area is 293 Å². The predicted molar refractivity (Wildman–Crippen MR) is 196 cm³/mol. The highest BCUT2D eigenvalue weighted by Crippen LogP contribution is 2.59. The molecule has 47 heavy (non-hydrogen) atoms. The molecule has 2 aromatic carbocycles. The lowest BCUT2D eigenvalue weighted by molar-refractivity contribution is -0.151. The average Bonchev–Trinajstić information content (AvgIpc) is 3.94. The van der Waals surface area contributed by atoms with Crippen molar-refractivity contribution in [1.82, 2.24) is 9.21 Å². The average molecular weight is 720 g/mol. The van der Waals surface area contributed by atoms with Crippen LogP contribution in [0.5, 0.6) is 0 Å². The first kappa shape index (κ1) is 36.6. The molecule has 6 nitrogen and oxygen atoms in total. The fraction of sp³-hybridized carbons (Fsp3) is 0.595. The van der Waals surface area contributed by atoms with Crippen molar-refractivity contribution in [3.05, 3.63) is 82.4 Å². The highest BCUT2D eigenvalue weighted by molar-refractivity contribution is 7.90. The molecule has 258 valence electrons. The summed E-state index contributed by atoms with van der Waals surface area (Å²) in [5, 5.41) is 0.966. The molecule has 0 radical (unpaired) electrons. The van der Waals surface area contributed by atoms with Crippen LogP contribution >= 0.6 is 23.2 Å². The largest absolute Gasteiger partial charge is 0.382 e. The zero-order valence-electron chi connectivity index (χ0n) is 28.6. The number of carbonyl (C=O) groups is 1. The third-order valence-corrected chi connectivity index (χ3v) is 15.1. The van der Waals surface area contributed by atoms with Gasteiger partial charge in [0.1, 0.15) is 0 Å². The molecule has 6 atom stereocenters. The summed E-state index contributed by atoms with van der Waals surface area (Å²) >= 11 is 13.0. The van der Waals surface area contributed by atoms with Crippen LogP contribution in [0.25, 0.3) is 0 Å². The van der Waals surface area contributed by atoms with Crippen LogP contribution in [-0.2, 0) is 19.6 Å². The van der Waals surface area contributed by atoms with Crippen molar-refractivity contribution >= 4 is 47.2 Å². The van der Waals surface area contributed by atoms with E-state index in [2.05, 4.69) is 44.1 Å². The number of amides is 1. The maximum Gasteiger partial charge on any atom is 0.227 e. The van der Waals surface area contributed by atoms with E-state index in [-0.39, 0.29) is 47.4 Å². The lowest BCUT2D eigenvalue weighted by Gasteiger charge is -2.51. The van der Waals surface area contributed by atoms with Gasteiger partial charge in [0.05, 0.1) is 16.8 Å². The summed E-state index contributed by atoms with van der Waals surface area (Å²) in [6, 6.07) is 16.6. The molecule has 0 aromatic heterocycles. The minimum atomic E-state index is -3.43. The molecule has 0 N–H and O–H groups in total. The van der Waals surface area contributed by atoms with Crippen molar-refractivity contribution in [1.29, 1.82) is 0 Å². The van der Waals surface area contributed by atoms with E-state index >= 15 is 4.79 Å². The van der Waals surface area contributed by atoms with Gasteiger partial charge in [-0.1, -0.05) is 80.1 Å². The van der Waals surface area contributed by atoms with Crippen LogP contribution in [0.1, 0.15) is 68.5 Å². The number of likely N-dealkylation sites (tertiary alicyclic amines) is 1. The summed E-state index contributed by atoms with van der Waals surface area (Å²) < 4.78 is 34.4. The number of allylic oxidation sites excluding steroid dienone is 1. The summed E-state index contributed by atoms with van der Waals surface area (Å²) in [5.74, 6) is -0.203. The van der Waals surface area contributed by atoms with Crippen molar-refractivity contribution in [3.63, 3.8) is 0 Å². The molecule has 0 spiro atoms. The molecule has 1 amide bonds. The van der Waals surface area contributed by atoms with Gasteiger partial charge in [0.15, 0.2) is 0 Å². The molecule has 2 aromatic rings. The molecule has 2 aliphatic carbocycles. The molecule has 1 saturated heterocycles. The van der Waals surface area contributed by atoms with Crippen molar-refractivity contribution in [2.75, 3.05) is 26.8 Å². The SMILES string of the molecule is C=CC(CCCOCC[Si](C)(C)C)C1C[C@H](c2cccc(Cl)c2)[C@@H](c2ccc(Cl)cc2)N([C@]2(CN(C)S(=O)(=O)C3CC3)C[C@H]2C)C1=O. The Balaban J connectivity index is 1.52. The molecule has 3 fully saturated rings. The quantitative estimate of drug-likeness (QED) is 0.0989. The summed E-state index contributed by atoms with van der Waals surface area (Å²) in [7, 11) is -2.91. The smallest absolute Gasteiger partial charge is 0.227 e. The van der Waals surface area contributed by atoms with Crippen LogP contribution in [0.15, 0.2) is 61.2 Å². The third kappa shape index (κ3) is 8.38. The summed E-state index contributed by atoms with van der Waals surface area (Å²) in [6.45, 7) is 15.1. The van der Waals surface area contributed by atoms with E-state index in [0.29, 0.717) is 35.9 Å². The molecule has 10 heteroatoms. The Bertz CT molecular complexity index is 1530. The fourth-order valence-electron chi connectivity index (χ4n) is 7.53. The lowest BCUT2D eigenvalue weighted by Crippen LogP contribution is -2.58. The summed E-state index contributed by atoms with van der Waals surface area (Å²) in [6.07, 6.45) is 6.38. The maximum atomic E-state index is 15.1. The van der Waals surface area contributed by atoms with Crippen LogP contribution in [0, 0.1) is 17.8 Å². The lowest BCUT2D eigenvalue weighted by atomic mass is 9.70. The molecule has 3 aliphatic rings. The number of likely N-dealkylation sites (N-methyl/N-ethyl adjacent to an activating group) is 1. The monoisotopic (exact) mass is 718 g/mol. The number of carbonyl (C=O) groups excluding carboxylic acids is 1. The van der Waals surface area contributed by atoms with Gasteiger partial charge in [-0.2, -0.15) is 0 Å². The second kappa shape index (κ2) is 14.7. The van der Waals surface area contributed by atoms with Crippen LogP contribution < -0.4 is 0 Å². The first-order chi connectivity index (χ1) is 22.2. The normalized spacial score (nSPS) is 27.2. The molecule has 1 aliphatic heterocycles. The van der Waals surface area contributed by atoms with Gasteiger partial charge in [0.25, 0.3) is 0 Å². The zero-order valence-corrected chi connectivity index (χ0v) is 32.0. The van der Waals surface area contributed by atoms with Gasteiger partial charge in [0, 0.05) is 56.8 Å². The number of halogens is 2. The summed E-state index contributed by atoms with van der Waals surface area (Å²) in [4.78, 5) is 17.2. The second-order valence-electron chi connectivity index (χ2n) is 15.4. The Morgan fingerprint density at radius 2 is 1.77 bits per heavy atom. The zero-order chi connectivity index (χ0) is 34.1. The van der Waals surface area contributed by atoms with Crippen LogP contribution in [0.2, 0.25) is 35.7 Å². The van der Waals surface area contributed by atoms with Gasteiger partial charge in [-0.3, -0.25) is 4.79 Å². The Hall–Kier alpha value is -1.68. The van der Waals surface area contributed by atoms with Crippen molar-refractivity contribution in [2.24, 2.45) is 17.8 Å². The third-order valence-electron chi connectivity index (χ3n) is 10.6. The van der Waals surface area contributed by atoms with E-state index in [0.717, 1.165) is 43.0 Å². The van der Waals surface area contributed by atoms with E-state index in [4.69, 9.17) is 27.9 Å². The second-order valence-corrected chi connectivity index (χ2v) is 24.2. The number of piperidine rings is 1. The van der Waals surface area contributed by atoms with E-state index in [1.807, 2.05) is 48.5 Å². The number of rotatable bonds is 16. The first-order valence-corrected chi connectivity index (χ1v) is 23.1. The molecular formula is C37H52Cl2N2O4SSi. The molecule has 1 heterocycles. The molecule has 5 rings (SSSR count). The number of ether oxygens (including phenoxy) is 1. The van der Waals surface area contributed by atoms with Crippen LogP contribution in [-0.4, -0.2) is 69.2 Å². The topological polar surface area (TPSA) is 66.9 Å². The Kier molecular flexibility index (Phi) is 11.4. The highest BCUT2D eigenvalue weighted by Gasteiger charge is 2.63. The van der Waals surface area contributed by atoms with E-state index in [1.165, 1.54) is 4.31 Å². The van der Waals surface area contributed by atoms with Crippen LogP contribution in [0.4, 0.5) is 0 Å². The number of hydrogen-bond acceptors (Lipinski definition) is 4. The number of sulfonamides is 1. The van der Waals surface area contributed by atoms with Gasteiger partial charge in [-0.05, 0) is 91.8 Å². The van der Waals surface area contributed by atoms with Gasteiger partial charge >= 0.3 is 0 Å². The minimum Gasteiger partial charge on any atom is -0.382 e. The molecule has 2 saturated carbocycles. The van der Waals surface area contributed by atoms with E-state index < -0.39 is 23.6 Å². The fourth-order valence-corrected chi connectivity index (χ4v) is 10.3. The van der Waals surface area contributed by atoms with E-state index in [9.17, 15) is 8.42 Å². The van der Waals surface area contributed by atoms with Gasteiger partial charge < -0.3 is 9.64 Å². The van der Waals surface area contributed by atoms with Crippen molar-refractivity contribution < 1.29 is 17.9 Å². The standard InChI is InChI=1S/C37H52Cl2N2O4SSi/c1-7-27(11-9-19-45-20-21-47(4,5)6)34-23-33(29-10-8-12-31(39)22-29)35(28-13-15-30(38)16-14-28)41(36(34)42)37(24-26(37)2)25-40(3)46(43,44)32-17-18-32/h7-8,10,12-16,22,26-27,32-35H,1,9,11,17-21,23-25H2,2-6H3/t26-,27?,33-,34?,35-,37+/m1/s1. The maximum absolute atomic E-state index is 15.1. The molecule has 0 bridgehead atoms. The Morgan fingerprint density at radius 1 is 1.09 bits per heavy atom. The minimum absolute atomic E-state index is 0.0440. The van der Waals surface area contributed by atoms with Crippen molar-refractivity contribution in [2.45, 2.75) is 93.9 Å². The number of benzene rings is 2. The summed E-state index contributed by atoms with van der Waals surface area (Å²) in [5.41, 5.74) is 1.43. The molecular weight excluding hydrogens is 667 g/mol. The van der Waals surface area contributed by atoms with Gasteiger partial charge in [-0.15, -0.1) is 6.58 Å². The number of nitrogens with zero attached hydrogens (tertiary/aromatic N) is 2. The van der Waals surface area contributed by atoms with E-state index in [1.54, 1.807) is 7.05 Å². The Morgan fingerprint density at radius 3 is 2.34 bits per heavy atom. The first-order valence-electron chi connectivity index (χ1n) is 17.2. The van der Waals surface area contributed by atoms with Gasteiger partial charge in [-0.25, -0.2) is 12.7 Å². The molecule has 2 unspecified atom stereocenters.